The monoisotopic (exact) mass is 311 g/mol. The minimum absolute atomic E-state index is 0.342. The molecule has 0 unspecified atom stereocenters. The maximum atomic E-state index is 14.4. The summed E-state index contributed by atoms with van der Waals surface area (Å²) in [4.78, 5) is 1.87. The lowest BCUT2D eigenvalue weighted by Crippen LogP contribution is -2.19. The largest absolute Gasteiger partial charge is 0.344 e. The van der Waals surface area contributed by atoms with Crippen molar-refractivity contribution < 1.29 is 4.39 Å². The van der Waals surface area contributed by atoms with Crippen molar-refractivity contribution in [3.05, 3.63) is 94.9 Å². The van der Waals surface area contributed by atoms with Crippen molar-refractivity contribution in [1.29, 1.82) is 0 Å². The number of nitrogens with zero attached hydrogens (tertiary/aromatic N) is 1. The highest BCUT2D eigenvalue weighted by Gasteiger charge is 2.23. The van der Waals surface area contributed by atoms with E-state index in [4.69, 9.17) is 11.6 Å². The Morgan fingerprint density at radius 2 is 1.73 bits per heavy atom. The zero-order chi connectivity index (χ0) is 15.7. The van der Waals surface area contributed by atoms with Crippen LogP contribution in [0.15, 0.2) is 73.0 Å². The molecule has 1 aliphatic heterocycles. The summed E-state index contributed by atoms with van der Waals surface area (Å²) in [5.74, 6) is -0.342. The Kier molecular flexibility index (Phi) is 3.86. The second-order valence-electron chi connectivity index (χ2n) is 5.11. The third kappa shape index (κ3) is 2.46. The van der Waals surface area contributed by atoms with Crippen molar-refractivity contribution in [3.8, 4) is 0 Å². The molecule has 0 amide bonds. The molecule has 0 spiro atoms. The first-order valence-corrected chi connectivity index (χ1v) is 7.32. The van der Waals surface area contributed by atoms with Crippen LogP contribution in [0.1, 0.15) is 11.1 Å². The topological polar surface area (TPSA) is 3.24 Å². The van der Waals surface area contributed by atoms with Crippen LogP contribution in [-0.4, -0.2) is 11.9 Å². The minimum atomic E-state index is -0.342. The number of hydrogen-bond donors (Lipinski definition) is 0. The van der Waals surface area contributed by atoms with Crippen LogP contribution in [0.5, 0.6) is 0 Å². The van der Waals surface area contributed by atoms with E-state index >= 15 is 0 Å². The molecule has 0 N–H and O–H groups in total. The highest BCUT2D eigenvalue weighted by atomic mass is 35.5. The van der Waals surface area contributed by atoms with E-state index in [0.717, 1.165) is 22.5 Å². The first-order chi connectivity index (χ1) is 10.6. The van der Waals surface area contributed by atoms with Gasteiger partial charge in [-0.05, 0) is 23.8 Å². The molecule has 0 saturated heterocycles. The average Bonchev–Trinajstić information content (AvgIpc) is 2.52. The fraction of sp³-hybridized carbons (Fsp3) is 0.0526. The number of benzene rings is 2. The zero-order valence-corrected chi connectivity index (χ0v) is 12.9. The first-order valence-electron chi connectivity index (χ1n) is 6.94. The van der Waals surface area contributed by atoms with Gasteiger partial charge in [-0.3, -0.25) is 0 Å². The Hall–Kier alpha value is -2.32. The van der Waals surface area contributed by atoms with E-state index in [1.54, 1.807) is 12.1 Å². The molecule has 2 aromatic rings. The summed E-state index contributed by atoms with van der Waals surface area (Å²) >= 11 is 6.27. The maximum absolute atomic E-state index is 14.4. The molecule has 0 bridgehead atoms. The molecule has 110 valence electrons. The van der Waals surface area contributed by atoms with Gasteiger partial charge in [0.25, 0.3) is 0 Å². The summed E-state index contributed by atoms with van der Waals surface area (Å²) in [5, 5.41) is 0.387. The predicted molar refractivity (Wildman–Crippen MR) is 90.7 cm³/mol. The Morgan fingerprint density at radius 1 is 1.00 bits per heavy atom. The van der Waals surface area contributed by atoms with Gasteiger partial charge >= 0.3 is 0 Å². The lowest BCUT2D eigenvalue weighted by molar-refractivity contribution is 0.588. The molecule has 1 nitrogen and oxygen atoms in total. The van der Waals surface area contributed by atoms with E-state index in [-0.39, 0.29) is 5.82 Å². The highest BCUT2D eigenvalue weighted by Crippen LogP contribution is 2.39. The van der Waals surface area contributed by atoms with Crippen LogP contribution >= 0.6 is 11.6 Å². The molecular formula is C19H15ClFN. The first kappa shape index (κ1) is 14.6. The maximum Gasteiger partial charge on any atom is 0.134 e. The third-order valence-corrected chi connectivity index (χ3v) is 4.06. The van der Waals surface area contributed by atoms with Gasteiger partial charge in [0.1, 0.15) is 5.82 Å². The van der Waals surface area contributed by atoms with Crippen molar-refractivity contribution in [2.24, 2.45) is 0 Å². The molecule has 0 saturated carbocycles. The van der Waals surface area contributed by atoms with Gasteiger partial charge in [0.15, 0.2) is 0 Å². The fourth-order valence-corrected chi connectivity index (χ4v) is 2.82. The minimum Gasteiger partial charge on any atom is -0.344 e. The molecule has 3 rings (SSSR count). The van der Waals surface area contributed by atoms with Crippen LogP contribution in [0.3, 0.4) is 0 Å². The summed E-state index contributed by atoms with van der Waals surface area (Å²) in [6.07, 6.45) is 3.87. The molecule has 3 heteroatoms. The average molecular weight is 312 g/mol. The Morgan fingerprint density at radius 3 is 2.41 bits per heavy atom. The zero-order valence-electron chi connectivity index (χ0n) is 12.2. The second-order valence-corrected chi connectivity index (χ2v) is 5.52. The van der Waals surface area contributed by atoms with Crippen molar-refractivity contribution >= 4 is 22.9 Å². The van der Waals surface area contributed by atoms with E-state index < -0.39 is 0 Å². The summed E-state index contributed by atoms with van der Waals surface area (Å²) in [6, 6.07) is 14.6. The van der Waals surface area contributed by atoms with Gasteiger partial charge in [0, 0.05) is 18.3 Å². The van der Waals surface area contributed by atoms with Crippen molar-refractivity contribution in [3.63, 3.8) is 0 Å². The van der Waals surface area contributed by atoms with E-state index in [9.17, 15) is 4.39 Å². The molecular weight excluding hydrogens is 297 g/mol. The normalized spacial score (nSPS) is 14.7. The lowest BCUT2D eigenvalue weighted by Gasteiger charge is -2.30. The van der Waals surface area contributed by atoms with Crippen molar-refractivity contribution in [1.82, 2.24) is 4.90 Å². The van der Waals surface area contributed by atoms with Crippen LogP contribution < -0.4 is 0 Å². The molecule has 0 aliphatic carbocycles. The van der Waals surface area contributed by atoms with Gasteiger partial charge in [-0.25, -0.2) is 4.39 Å². The summed E-state index contributed by atoms with van der Waals surface area (Å²) in [6.45, 7) is 4.00. The summed E-state index contributed by atoms with van der Waals surface area (Å²) < 4.78 is 14.4. The van der Waals surface area contributed by atoms with Crippen LogP contribution in [0.25, 0.3) is 11.3 Å². The number of allylic oxidation sites excluding steroid dienone is 3. The smallest absolute Gasteiger partial charge is 0.134 e. The predicted octanol–water partition coefficient (Wildman–Crippen LogP) is 5.36. The molecule has 1 heterocycles. The van der Waals surface area contributed by atoms with Crippen molar-refractivity contribution in [2.45, 2.75) is 0 Å². The van der Waals surface area contributed by atoms with Gasteiger partial charge in [-0.1, -0.05) is 60.7 Å². The van der Waals surface area contributed by atoms with Crippen molar-refractivity contribution in [2.75, 3.05) is 7.05 Å². The Labute approximate surface area is 134 Å². The van der Waals surface area contributed by atoms with E-state index in [1.165, 1.54) is 6.07 Å². The number of rotatable bonds is 2. The van der Waals surface area contributed by atoms with E-state index in [0.29, 0.717) is 10.6 Å². The van der Waals surface area contributed by atoms with E-state index in [2.05, 4.69) is 6.58 Å². The molecule has 1 aliphatic rings. The fourth-order valence-electron chi connectivity index (χ4n) is 2.57. The van der Waals surface area contributed by atoms with Gasteiger partial charge < -0.3 is 4.90 Å². The molecule has 22 heavy (non-hydrogen) atoms. The third-order valence-electron chi connectivity index (χ3n) is 3.75. The van der Waals surface area contributed by atoms with Gasteiger partial charge in [-0.15, -0.1) is 0 Å². The van der Waals surface area contributed by atoms with Crippen LogP contribution in [0.2, 0.25) is 5.02 Å². The number of hydrogen-bond acceptors (Lipinski definition) is 1. The standard InChI is InChI=1S/C19H15ClFN/c1-13-11-12-15(14-7-4-3-5-8-14)19(22(13)2)18-16(20)9-6-10-17(18)21/h3-12H,1H2,2H3. The molecule has 2 aromatic carbocycles. The van der Waals surface area contributed by atoms with Crippen LogP contribution in [-0.2, 0) is 0 Å². The Balaban J connectivity index is 2.32. The molecule has 0 atom stereocenters. The molecule has 0 fully saturated rings. The Bertz CT molecular complexity index is 770. The van der Waals surface area contributed by atoms with Gasteiger partial charge in [-0.2, -0.15) is 0 Å². The summed E-state index contributed by atoms with van der Waals surface area (Å²) in [5.41, 5.74) is 3.83. The molecule has 0 aromatic heterocycles. The van der Waals surface area contributed by atoms with Crippen LogP contribution in [0.4, 0.5) is 4.39 Å². The van der Waals surface area contributed by atoms with E-state index in [1.807, 2.05) is 54.4 Å². The molecule has 0 radical (unpaired) electrons. The van der Waals surface area contributed by atoms with Gasteiger partial charge in [0.2, 0.25) is 0 Å². The van der Waals surface area contributed by atoms with Crippen LogP contribution in [0, 0.1) is 5.82 Å². The second kappa shape index (κ2) is 5.82. The number of likely N-dealkylation sites (N-methyl/N-ethyl adjacent to an activating group) is 1. The van der Waals surface area contributed by atoms with Gasteiger partial charge in [0.05, 0.1) is 16.3 Å². The summed E-state index contributed by atoms with van der Waals surface area (Å²) in [7, 11) is 1.87. The highest BCUT2D eigenvalue weighted by molar-refractivity contribution is 6.32. The number of halogens is 2. The quantitative estimate of drug-likeness (QED) is 0.721. The lowest BCUT2D eigenvalue weighted by atomic mass is 9.95. The SMILES string of the molecule is C=C1C=CC(c2ccccc2)=C(c2c(F)cccc2Cl)N1C.